The highest BCUT2D eigenvalue weighted by molar-refractivity contribution is 7.19. The SMILES string of the molecule is Cc1ccc(CNC(=O)C2CCN(C(=O)/C=C/c3nc4ccccc4s3)CC2)cc1F. The molecule has 2 amide bonds. The van der Waals surface area contributed by atoms with Crippen molar-refractivity contribution in [3.05, 3.63) is 70.5 Å². The summed E-state index contributed by atoms with van der Waals surface area (Å²) in [5.41, 5.74) is 2.26. The van der Waals surface area contributed by atoms with Crippen molar-refractivity contribution in [3.63, 3.8) is 0 Å². The third-order valence-electron chi connectivity index (χ3n) is 5.56. The highest BCUT2D eigenvalue weighted by Gasteiger charge is 2.26. The fraction of sp³-hybridized carbons (Fsp3) is 0.292. The number of thiazole rings is 1. The zero-order chi connectivity index (χ0) is 21.8. The Kier molecular flexibility index (Phi) is 6.42. The third-order valence-corrected chi connectivity index (χ3v) is 6.56. The lowest BCUT2D eigenvalue weighted by atomic mass is 9.95. The maximum absolute atomic E-state index is 13.6. The van der Waals surface area contributed by atoms with Crippen LogP contribution in [0, 0.1) is 18.7 Å². The summed E-state index contributed by atoms with van der Waals surface area (Å²) in [4.78, 5) is 31.3. The number of para-hydroxylation sites is 1. The summed E-state index contributed by atoms with van der Waals surface area (Å²) in [5, 5.41) is 3.69. The normalized spacial score (nSPS) is 15.0. The number of nitrogens with zero attached hydrogens (tertiary/aromatic N) is 2. The average Bonchev–Trinajstić information content (AvgIpc) is 3.21. The summed E-state index contributed by atoms with van der Waals surface area (Å²) in [5.74, 6) is -0.503. The summed E-state index contributed by atoms with van der Waals surface area (Å²) < 4.78 is 14.7. The highest BCUT2D eigenvalue weighted by atomic mass is 32.1. The maximum atomic E-state index is 13.6. The van der Waals surface area contributed by atoms with Crippen molar-refractivity contribution in [2.24, 2.45) is 5.92 Å². The Bertz CT molecular complexity index is 1100. The first kappa shape index (κ1) is 21.2. The van der Waals surface area contributed by atoms with Crippen LogP contribution in [-0.4, -0.2) is 34.8 Å². The number of halogens is 1. The molecule has 0 saturated carbocycles. The molecule has 0 unspecified atom stereocenters. The van der Waals surface area contributed by atoms with Gasteiger partial charge in [-0.05, 0) is 55.2 Å². The van der Waals surface area contributed by atoms with Crippen LogP contribution in [0.5, 0.6) is 0 Å². The molecule has 160 valence electrons. The van der Waals surface area contributed by atoms with Crippen LogP contribution in [0.2, 0.25) is 0 Å². The fourth-order valence-electron chi connectivity index (χ4n) is 3.65. The molecule has 3 aromatic rings. The van der Waals surface area contributed by atoms with E-state index >= 15 is 0 Å². The van der Waals surface area contributed by atoms with Crippen LogP contribution in [0.25, 0.3) is 16.3 Å². The van der Waals surface area contributed by atoms with Crippen LogP contribution in [0.4, 0.5) is 4.39 Å². The molecule has 1 aliphatic rings. The number of amides is 2. The molecule has 2 aromatic carbocycles. The zero-order valence-corrected chi connectivity index (χ0v) is 18.1. The Morgan fingerprint density at radius 3 is 2.74 bits per heavy atom. The number of fused-ring (bicyclic) bond motifs is 1. The summed E-state index contributed by atoms with van der Waals surface area (Å²) in [6.07, 6.45) is 4.56. The van der Waals surface area contributed by atoms with Gasteiger partial charge in [0.15, 0.2) is 0 Å². The molecule has 1 saturated heterocycles. The molecule has 31 heavy (non-hydrogen) atoms. The summed E-state index contributed by atoms with van der Waals surface area (Å²) in [6.45, 7) is 3.10. The molecule has 7 heteroatoms. The number of hydrogen-bond acceptors (Lipinski definition) is 4. The third kappa shape index (κ3) is 5.17. The van der Waals surface area contributed by atoms with Gasteiger partial charge >= 0.3 is 0 Å². The molecule has 0 atom stereocenters. The highest BCUT2D eigenvalue weighted by Crippen LogP contribution is 2.23. The zero-order valence-electron chi connectivity index (χ0n) is 17.3. The van der Waals surface area contributed by atoms with Crippen LogP contribution in [-0.2, 0) is 16.1 Å². The van der Waals surface area contributed by atoms with Crippen LogP contribution in [0.1, 0.15) is 29.0 Å². The van der Waals surface area contributed by atoms with Gasteiger partial charge in [0.1, 0.15) is 10.8 Å². The van der Waals surface area contributed by atoms with Crippen molar-refractivity contribution >= 4 is 39.4 Å². The van der Waals surface area contributed by atoms with E-state index in [-0.39, 0.29) is 23.5 Å². The molecule has 1 fully saturated rings. The van der Waals surface area contributed by atoms with E-state index in [1.54, 1.807) is 41.4 Å². The number of carbonyl (C=O) groups excluding carboxylic acids is 2. The van der Waals surface area contributed by atoms with Gasteiger partial charge in [-0.3, -0.25) is 9.59 Å². The topological polar surface area (TPSA) is 62.3 Å². The van der Waals surface area contributed by atoms with E-state index in [0.717, 1.165) is 20.8 Å². The number of aromatic nitrogens is 1. The lowest BCUT2D eigenvalue weighted by molar-refractivity contribution is -0.132. The van der Waals surface area contributed by atoms with Crippen LogP contribution < -0.4 is 5.32 Å². The van der Waals surface area contributed by atoms with Gasteiger partial charge < -0.3 is 10.2 Å². The van der Waals surface area contributed by atoms with Crippen LogP contribution in [0.15, 0.2) is 48.5 Å². The number of nitrogens with one attached hydrogen (secondary N) is 1. The van der Waals surface area contributed by atoms with Crippen molar-refractivity contribution in [2.45, 2.75) is 26.3 Å². The minimum absolute atomic E-state index is 0.0434. The van der Waals surface area contributed by atoms with Gasteiger partial charge in [0.2, 0.25) is 11.8 Å². The molecule has 1 aromatic heterocycles. The standard InChI is InChI=1S/C24H24FN3O2S/c1-16-6-7-17(14-19(16)25)15-26-24(30)18-10-12-28(13-11-18)23(29)9-8-22-27-20-4-2-3-5-21(20)31-22/h2-9,14,18H,10-13,15H2,1H3,(H,26,30)/b9-8+. The minimum atomic E-state index is -0.266. The largest absolute Gasteiger partial charge is 0.352 e. The quantitative estimate of drug-likeness (QED) is 0.605. The molecule has 1 aliphatic heterocycles. The van der Waals surface area contributed by atoms with Gasteiger partial charge in [-0.15, -0.1) is 11.3 Å². The van der Waals surface area contributed by atoms with Crippen LogP contribution in [0.3, 0.4) is 0 Å². The Hall–Kier alpha value is -3.06. The molecular formula is C24H24FN3O2S. The fourth-order valence-corrected chi connectivity index (χ4v) is 4.52. The number of piperidine rings is 1. The Labute approximate surface area is 184 Å². The molecule has 0 bridgehead atoms. The van der Waals surface area contributed by atoms with Crippen molar-refractivity contribution in [2.75, 3.05) is 13.1 Å². The lowest BCUT2D eigenvalue weighted by Gasteiger charge is -2.30. The van der Waals surface area contributed by atoms with E-state index in [0.29, 0.717) is 38.0 Å². The Morgan fingerprint density at radius 1 is 1.23 bits per heavy atom. The Morgan fingerprint density at radius 2 is 2.00 bits per heavy atom. The Balaban J connectivity index is 1.26. The predicted octanol–water partition coefficient (Wildman–Crippen LogP) is 4.31. The first-order valence-electron chi connectivity index (χ1n) is 10.3. The van der Waals surface area contributed by atoms with Crippen molar-refractivity contribution in [1.29, 1.82) is 0 Å². The van der Waals surface area contributed by atoms with Crippen LogP contribution >= 0.6 is 11.3 Å². The van der Waals surface area contributed by atoms with E-state index in [1.165, 1.54) is 6.07 Å². The van der Waals surface area contributed by atoms with Crippen molar-refractivity contribution in [1.82, 2.24) is 15.2 Å². The molecule has 0 spiro atoms. The van der Waals surface area contributed by atoms with Crippen molar-refractivity contribution in [3.8, 4) is 0 Å². The van der Waals surface area contributed by atoms with Gasteiger partial charge in [-0.2, -0.15) is 0 Å². The average molecular weight is 438 g/mol. The molecule has 0 aliphatic carbocycles. The van der Waals surface area contributed by atoms with E-state index in [2.05, 4.69) is 10.3 Å². The van der Waals surface area contributed by atoms with Gasteiger partial charge in [-0.25, -0.2) is 9.37 Å². The van der Waals surface area contributed by atoms with Gasteiger partial charge in [-0.1, -0.05) is 24.3 Å². The second kappa shape index (κ2) is 9.39. The molecule has 0 radical (unpaired) electrons. The molecule has 2 heterocycles. The van der Waals surface area contributed by atoms with Gasteiger partial charge in [0, 0.05) is 31.6 Å². The van der Waals surface area contributed by atoms with E-state index in [9.17, 15) is 14.0 Å². The second-order valence-electron chi connectivity index (χ2n) is 7.75. The summed E-state index contributed by atoms with van der Waals surface area (Å²) in [6, 6.07) is 12.9. The summed E-state index contributed by atoms with van der Waals surface area (Å²) in [7, 11) is 0. The maximum Gasteiger partial charge on any atom is 0.246 e. The van der Waals surface area contributed by atoms with E-state index < -0.39 is 0 Å². The molecule has 4 rings (SSSR count). The predicted molar refractivity (Wildman–Crippen MR) is 121 cm³/mol. The summed E-state index contributed by atoms with van der Waals surface area (Å²) >= 11 is 1.55. The number of carbonyl (C=O) groups is 2. The number of rotatable bonds is 5. The first-order chi connectivity index (χ1) is 15.0. The molecule has 5 nitrogen and oxygen atoms in total. The molecular weight excluding hydrogens is 413 g/mol. The smallest absolute Gasteiger partial charge is 0.246 e. The minimum Gasteiger partial charge on any atom is -0.352 e. The van der Waals surface area contributed by atoms with Crippen molar-refractivity contribution < 1.29 is 14.0 Å². The van der Waals surface area contributed by atoms with Gasteiger partial charge in [0.25, 0.3) is 0 Å². The van der Waals surface area contributed by atoms with Gasteiger partial charge in [0.05, 0.1) is 10.2 Å². The number of hydrogen-bond donors (Lipinski definition) is 1. The number of benzene rings is 2. The monoisotopic (exact) mass is 437 g/mol. The van der Waals surface area contributed by atoms with E-state index in [4.69, 9.17) is 0 Å². The van der Waals surface area contributed by atoms with E-state index in [1.807, 2.05) is 30.3 Å². The second-order valence-corrected chi connectivity index (χ2v) is 8.82. The molecule has 1 N–H and O–H groups in total. The first-order valence-corrected chi connectivity index (χ1v) is 11.2. The number of likely N-dealkylation sites (tertiary alicyclic amines) is 1. The lowest BCUT2D eigenvalue weighted by Crippen LogP contribution is -2.42. The number of aryl methyl sites for hydroxylation is 1.